The first-order valence-electron chi connectivity index (χ1n) is 8.15. The third-order valence-corrected chi connectivity index (χ3v) is 4.58. The van der Waals surface area contributed by atoms with Crippen LogP contribution >= 0.6 is 31.9 Å². The van der Waals surface area contributed by atoms with Crippen LogP contribution in [0.15, 0.2) is 50.1 Å². The fraction of sp³-hybridized carbons (Fsp3) is 0.111. The summed E-state index contributed by atoms with van der Waals surface area (Å²) in [5, 5.41) is 2.19. The van der Waals surface area contributed by atoms with E-state index in [9.17, 15) is 31.9 Å². The Labute approximate surface area is 188 Å². The van der Waals surface area contributed by atoms with Crippen molar-refractivity contribution in [1.29, 1.82) is 0 Å². The molecule has 0 fully saturated rings. The van der Waals surface area contributed by atoms with E-state index in [1.807, 2.05) is 10.3 Å². The second-order valence-electron chi connectivity index (χ2n) is 5.76. The van der Waals surface area contributed by atoms with Gasteiger partial charge in [-0.3, -0.25) is 14.4 Å². The first-order chi connectivity index (χ1) is 14.5. The van der Waals surface area contributed by atoms with Crippen molar-refractivity contribution in [2.75, 3.05) is 5.32 Å². The van der Waals surface area contributed by atoms with E-state index < -0.39 is 36.0 Å². The number of rotatable bonds is 4. The van der Waals surface area contributed by atoms with Crippen molar-refractivity contribution in [3.8, 4) is 0 Å². The van der Waals surface area contributed by atoms with E-state index in [-0.39, 0.29) is 22.2 Å². The normalized spacial score (nSPS) is 10.7. The van der Waals surface area contributed by atoms with Crippen LogP contribution in [0.2, 0.25) is 0 Å². The van der Waals surface area contributed by atoms with Gasteiger partial charge in [-0.25, -0.2) is 13.8 Å². The van der Waals surface area contributed by atoms with Gasteiger partial charge in [0.2, 0.25) is 0 Å². The summed E-state index contributed by atoms with van der Waals surface area (Å²) in [6.07, 6.45) is -5.92. The number of carbonyl (C=O) groups is 2. The molecule has 0 unspecified atom stereocenters. The predicted octanol–water partition coefficient (Wildman–Crippen LogP) is 4.37. The third kappa shape index (κ3) is 6.59. The highest BCUT2D eigenvalue weighted by Gasteiger charge is 2.18. The molecule has 13 heteroatoms. The van der Waals surface area contributed by atoms with Crippen molar-refractivity contribution in [2.45, 2.75) is 12.9 Å². The number of nitrogens with one attached hydrogen (secondary N) is 2. The maximum absolute atomic E-state index is 12.3. The summed E-state index contributed by atoms with van der Waals surface area (Å²) < 4.78 is 49.9. The van der Waals surface area contributed by atoms with Crippen molar-refractivity contribution in [1.82, 2.24) is 9.97 Å². The Hall–Kier alpha value is -2.80. The van der Waals surface area contributed by atoms with Gasteiger partial charge in [0, 0.05) is 8.95 Å². The van der Waals surface area contributed by atoms with Gasteiger partial charge in [-0.1, -0.05) is 31.9 Å². The van der Waals surface area contributed by atoms with Crippen molar-refractivity contribution in [3.05, 3.63) is 67.1 Å². The Bertz CT molecular complexity index is 1190. The van der Waals surface area contributed by atoms with Gasteiger partial charge in [0.1, 0.15) is 0 Å². The number of H-pyrrole nitrogens is 1. The fourth-order valence-electron chi connectivity index (χ4n) is 2.25. The first kappa shape index (κ1) is 24.5. The van der Waals surface area contributed by atoms with Crippen LogP contribution in [0.5, 0.6) is 0 Å². The van der Waals surface area contributed by atoms with Crippen molar-refractivity contribution in [3.63, 3.8) is 0 Å². The minimum atomic E-state index is -3.15. The topological polar surface area (TPSA) is 118 Å². The number of primary amides is 1. The Kier molecular flexibility index (Phi) is 8.28. The molecular weight excluding hydrogens is 556 g/mol. The van der Waals surface area contributed by atoms with Crippen molar-refractivity contribution < 1.29 is 27.2 Å². The van der Waals surface area contributed by atoms with Crippen LogP contribution in [0.3, 0.4) is 0 Å². The van der Waals surface area contributed by atoms with E-state index in [1.54, 1.807) is 6.07 Å². The molecule has 4 N–H and O–H groups in total. The second-order valence-corrected chi connectivity index (χ2v) is 7.59. The molecule has 0 radical (unpaired) electrons. The van der Waals surface area contributed by atoms with Gasteiger partial charge in [-0.05, 0) is 36.4 Å². The molecule has 3 rings (SSSR count). The van der Waals surface area contributed by atoms with Crippen LogP contribution in [0.25, 0.3) is 10.9 Å². The lowest BCUT2D eigenvalue weighted by atomic mass is 10.1. The Morgan fingerprint density at radius 1 is 1.03 bits per heavy atom. The zero-order chi connectivity index (χ0) is 23.3. The van der Waals surface area contributed by atoms with Gasteiger partial charge in [0.25, 0.3) is 23.8 Å². The van der Waals surface area contributed by atoms with E-state index in [0.29, 0.717) is 8.95 Å². The van der Waals surface area contributed by atoms with E-state index >= 15 is 0 Å². The molecule has 0 aliphatic heterocycles. The number of aromatic nitrogens is 2. The molecule has 0 saturated heterocycles. The van der Waals surface area contributed by atoms with Crippen molar-refractivity contribution >= 4 is 60.3 Å². The number of fused-ring (bicyclic) bond motifs is 1. The molecule has 0 aliphatic rings. The molecule has 31 heavy (non-hydrogen) atoms. The number of nitrogens with zero attached hydrogens (tertiary/aromatic N) is 1. The summed E-state index contributed by atoms with van der Waals surface area (Å²) >= 11 is 6.28. The largest absolute Gasteiger partial charge is 0.366 e. The molecule has 0 spiro atoms. The molecule has 1 heterocycles. The zero-order valence-electron chi connectivity index (χ0n) is 15.1. The molecule has 2 amide bonds. The maximum atomic E-state index is 12.3. The highest BCUT2D eigenvalue weighted by atomic mass is 79.9. The number of anilines is 1. The van der Waals surface area contributed by atoms with Crippen LogP contribution in [0, 0.1) is 0 Å². The van der Waals surface area contributed by atoms with E-state index in [4.69, 9.17) is 5.73 Å². The molecule has 7 nitrogen and oxygen atoms in total. The fourth-order valence-corrected chi connectivity index (χ4v) is 2.97. The lowest BCUT2D eigenvalue weighted by molar-refractivity contribution is -0.126. The molecule has 3 aromatic rings. The number of alkyl halides is 4. The number of halogens is 6. The Balaban J connectivity index is 0.000000220. The number of hydrogen-bond donors (Lipinski definition) is 3. The van der Waals surface area contributed by atoms with Crippen LogP contribution in [-0.4, -0.2) is 28.2 Å². The van der Waals surface area contributed by atoms with Gasteiger partial charge in [-0.2, -0.15) is 8.78 Å². The average Bonchev–Trinajstić information content (AvgIpc) is 2.69. The van der Waals surface area contributed by atoms with E-state index in [1.165, 1.54) is 30.3 Å². The SMILES string of the molecule is NC(=O)c1cc(Br)ccc1NC(=O)C(F)F.O=c1[nH]c(C(F)F)nc2ccc(Br)cc12. The number of hydrogen-bond acceptors (Lipinski definition) is 4. The van der Waals surface area contributed by atoms with Crippen LogP contribution in [0.1, 0.15) is 22.6 Å². The summed E-state index contributed by atoms with van der Waals surface area (Å²) in [6.45, 7) is 0. The molecule has 0 bridgehead atoms. The smallest absolute Gasteiger partial charge is 0.315 e. The number of benzene rings is 2. The first-order valence-corrected chi connectivity index (χ1v) is 9.74. The molecule has 164 valence electrons. The van der Waals surface area contributed by atoms with E-state index in [0.717, 1.165) is 0 Å². The molecule has 1 aromatic heterocycles. The van der Waals surface area contributed by atoms with Gasteiger partial charge < -0.3 is 16.0 Å². The molecule has 0 atom stereocenters. The van der Waals surface area contributed by atoms with E-state index in [2.05, 4.69) is 36.8 Å². The van der Waals surface area contributed by atoms with Gasteiger partial charge in [0.05, 0.1) is 22.2 Å². The van der Waals surface area contributed by atoms with Crippen LogP contribution < -0.4 is 16.6 Å². The summed E-state index contributed by atoms with van der Waals surface area (Å²) in [5.74, 6) is -2.90. The van der Waals surface area contributed by atoms with Crippen LogP contribution in [-0.2, 0) is 4.79 Å². The standard InChI is InChI=1S/C9H7BrF2N2O2.C9H5BrF2N2O/c10-4-1-2-6(5(3-4)8(13)15)14-9(16)7(11)12;10-4-1-2-6-5(3-4)9(15)14-8(13-6)7(11)12/h1-3,7H,(H2,13,15)(H,14,16);1-3,7H,(H,13,14,15). The van der Waals surface area contributed by atoms with Crippen LogP contribution in [0.4, 0.5) is 23.2 Å². The highest BCUT2D eigenvalue weighted by molar-refractivity contribution is 9.10. The number of carbonyl (C=O) groups excluding carboxylic acids is 2. The summed E-state index contributed by atoms with van der Waals surface area (Å²) in [4.78, 5) is 38.8. The molecule has 2 aromatic carbocycles. The average molecular weight is 568 g/mol. The van der Waals surface area contributed by atoms with Gasteiger partial charge >= 0.3 is 6.43 Å². The summed E-state index contributed by atoms with van der Waals surface area (Å²) in [7, 11) is 0. The Morgan fingerprint density at radius 3 is 2.23 bits per heavy atom. The Morgan fingerprint density at radius 2 is 1.65 bits per heavy atom. The monoisotopic (exact) mass is 566 g/mol. The predicted molar refractivity (Wildman–Crippen MR) is 112 cm³/mol. The quantitative estimate of drug-likeness (QED) is 0.406. The number of nitrogens with two attached hydrogens (primary N) is 1. The lowest BCUT2D eigenvalue weighted by Crippen LogP contribution is -2.23. The van der Waals surface area contributed by atoms with Crippen molar-refractivity contribution in [2.24, 2.45) is 5.73 Å². The number of amides is 2. The molecule has 0 saturated carbocycles. The second kappa shape index (κ2) is 10.5. The minimum Gasteiger partial charge on any atom is -0.366 e. The highest BCUT2D eigenvalue weighted by Crippen LogP contribution is 2.21. The lowest BCUT2D eigenvalue weighted by Gasteiger charge is -2.08. The zero-order valence-corrected chi connectivity index (χ0v) is 18.3. The minimum absolute atomic E-state index is 0.0385. The molecular formula is C18H12Br2F4N4O3. The maximum Gasteiger partial charge on any atom is 0.315 e. The van der Waals surface area contributed by atoms with Gasteiger partial charge in [-0.15, -0.1) is 0 Å². The summed E-state index contributed by atoms with van der Waals surface area (Å²) in [5.41, 5.74) is 4.66. The van der Waals surface area contributed by atoms with Gasteiger partial charge in [0.15, 0.2) is 5.82 Å². The molecule has 0 aliphatic carbocycles. The summed E-state index contributed by atoms with van der Waals surface area (Å²) in [6, 6.07) is 8.84. The number of aromatic amines is 1. The third-order valence-electron chi connectivity index (χ3n) is 3.60.